The molecular formula is C13H15BrO3. The van der Waals surface area contributed by atoms with Crippen LogP contribution in [0.15, 0.2) is 29.8 Å². The van der Waals surface area contributed by atoms with E-state index in [4.69, 9.17) is 9.47 Å². The summed E-state index contributed by atoms with van der Waals surface area (Å²) in [5.74, 6) is 0.499. The van der Waals surface area contributed by atoms with Crippen LogP contribution in [0.5, 0.6) is 5.75 Å². The zero-order valence-corrected chi connectivity index (χ0v) is 11.5. The fraction of sp³-hybridized carbons (Fsp3) is 0.308. The van der Waals surface area contributed by atoms with Crippen molar-refractivity contribution in [2.75, 3.05) is 19.0 Å². The number of methoxy groups -OCH3 is 1. The third-order valence-corrected chi connectivity index (χ3v) is 2.74. The van der Waals surface area contributed by atoms with E-state index in [1.54, 1.807) is 20.1 Å². The summed E-state index contributed by atoms with van der Waals surface area (Å²) in [6.45, 7) is 2.17. The van der Waals surface area contributed by atoms with Gasteiger partial charge in [-0.25, -0.2) is 4.79 Å². The van der Waals surface area contributed by atoms with E-state index < -0.39 is 0 Å². The molecule has 0 aromatic heterocycles. The number of hydrogen-bond donors (Lipinski definition) is 0. The standard InChI is InChI=1S/C13H15BrO3/c1-3-17-13(15)11(9-14)8-10-4-6-12(16-2)7-5-10/h4-8H,3,9H2,1-2H3/b11-8-. The van der Waals surface area contributed by atoms with E-state index >= 15 is 0 Å². The topological polar surface area (TPSA) is 35.5 Å². The molecule has 1 aromatic carbocycles. The van der Waals surface area contributed by atoms with Gasteiger partial charge in [-0.2, -0.15) is 0 Å². The average molecular weight is 299 g/mol. The van der Waals surface area contributed by atoms with Crippen LogP contribution in [0.25, 0.3) is 6.08 Å². The van der Waals surface area contributed by atoms with Crippen molar-refractivity contribution in [1.82, 2.24) is 0 Å². The van der Waals surface area contributed by atoms with Gasteiger partial charge in [0.2, 0.25) is 0 Å². The first kappa shape index (κ1) is 13.8. The predicted molar refractivity (Wildman–Crippen MR) is 71.4 cm³/mol. The van der Waals surface area contributed by atoms with Gasteiger partial charge in [-0.1, -0.05) is 28.1 Å². The van der Waals surface area contributed by atoms with Gasteiger partial charge >= 0.3 is 5.97 Å². The molecule has 4 heteroatoms. The van der Waals surface area contributed by atoms with Crippen molar-refractivity contribution in [2.24, 2.45) is 0 Å². The minimum Gasteiger partial charge on any atom is -0.497 e. The Labute approximate surface area is 110 Å². The maximum atomic E-state index is 11.6. The molecule has 0 saturated heterocycles. The molecule has 0 aliphatic carbocycles. The number of esters is 1. The number of carbonyl (C=O) groups is 1. The van der Waals surface area contributed by atoms with E-state index in [0.717, 1.165) is 11.3 Å². The lowest BCUT2D eigenvalue weighted by molar-refractivity contribution is -0.138. The van der Waals surface area contributed by atoms with Crippen molar-refractivity contribution < 1.29 is 14.3 Å². The third kappa shape index (κ3) is 4.23. The van der Waals surface area contributed by atoms with E-state index in [0.29, 0.717) is 17.5 Å². The minimum absolute atomic E-state index is 0.291. The van der Waals surface area contributed by atoms with Crippen molar-refractivity contribution in [1.29, 1.82) is 0 Å². The first-order valence-corrected chi connectivity index (χ1v) is 6.41. The first-order chi connectivity index (χ1) is 8.21. The van der Waals surface area contributed by atoms with Crippen molar-refractivity contribution in [3.8, 4) is 5.75 Å². The largest absolute Gasteiger partial charge is 0.497 e. The second-order valence-corrected chi connectivity index (χ2v) is 3.86. The molecule has 0 radical (unpaired) electrons. The Hall–Kier alpha value is -1.29. The Morgan fingerprint density at radius 1 is 1.35 bits per heavy atom. The molecule has 0 heterocycles. The summed E-state index contributed by atoms with van der Waals surface area (Å²) in [6, 6.07) is 7.48. The second kappa shape index (κ2) is 7.12. The normalized spacial score (nSPS) is 11.1. The van der Waals surface area contributed by atoms with Crippen LogP contribution >= 0.6 is 15.9 Å². The predicted octanol–water partition coefficient (Wildman–Crippen LogP) is 3.04. The van der Waals surface area contributed by atoms with Crippen molar-refractivity contribution in [2.45, 2.75) is 6.92 Å². The van der Waals surface area contributed by atoms with Gasteiger partial charge in [-0.05, 0) is 30.7 Å². The van der Waals surface area contributed by atoms with E-state index in [1.807, 2.05) is 24.3 Å². The smallest absolute Gasteiger partial charge is 0.334 e. The summed E-state index contributed by atoms with van der Waals surface area (Å²) in [7, 11) is 1.62. The van der Waals surface area contributed by atoms with Gasteiger partial charge in [0.15, 0.2) is 0 Å². The number of ether oxygens (including phenoxy) is 2. The number of alkyl halides is 1. The van der Waals surface area contributed by atoms with Crippen molar-refractivity contribution in [3.05, 3.63) is 35.4 Å². The van der Waals surface area contributed by atoms with Gasteiger partial charge in [0, 0.05) is 10.9 Å². The maximum absolute atomic E-state index is 11.6. The number of halogens is 1. The lowest BCUT2D eigenvalue weighted by atomic mass is 10.1. The summed E-state index contributed by atoms with van der Waals surface area (Å²) in [4.78, 5) is 11.6. The molecule has 3 nitrogen and oxygen atoms in total. The Morgan fingerprint density at radius 3 is 2.47 bits per heavy atom. The van der Waals surface area contributed by atoms with Crippen LogP contribution in [0, 0.1) is 0 Å². The molecule has 0 N–H and O–H groups in total. The van der Waals surface area contributed by atoms with Gasteiger partial charge < -0.3 is 9.47 Å². The minimum atomic E-state index is -0.291. The van der Waals surface area contributed by atoms with Gasteiger partial charge in [0.05, 0.1) is 13.7 Å². The van der Waals surface area contributed by atoms with E-state index in [2.05, 4.69) is 15.9 Å². The lowest BCUT2D eigenvalue weighted by Crippen LogP contribution is -2.08. The van der Waals surface area contributed by atoms with E-state index in [-0.39, 0.29) is 5.97 Å². The SMILES string of the molecule is CCOC(=O)/C(=C\c1ccc(OC)cc1)CBr. The van der Waals surface area contributed by atoms with Crippen LogP contribution in [0.2, 0.25) is 0 Å². The Morgan fingerprint density at radius 2 is 2.00 bits per heavy atom. The molecule has 0 saturated carbocycles. The Balaban J connectivity index is 2.86. The highest BCUT2D eigenvalue weighted by Gasteiger charge is 2.08. The lowest BCUT2D eigenvalue weighted by Gasteiger charge is -2.04. The fourth-order valence-electron chi connectivity index (χ4n) is 1.28. The fourth-order valence-corrected chi connectivity index (χ4v) is 1.67. The van der Waals surface area contributed by atoms with Crippen molar-refractivity contribution >= 4 is 28.0 Å². The molecule has 0 bridgehead atoms. The van der Waals surface area contributed by atoms with E-state index in [1.165, 1.54) is 0 Å². The molecule has 92 valence electrons. The molecule has 0 atom stereocenters. The van der Waals surface area contributed by atoms with Crippen LogP contribution in [0.3, 0.4) is 0 Å². The average Bonchev–Trinajstić information content (AvgIpc) is 2.37. The Bertz CT molecular complexity index is 396. The number of carbonyl (C=O) groups excluding carboxylic acids is 1. The van der Waals surface area contributed by atoms with E-state index in [9.17, 15) is 4.79 Å². The summed E-state index contributed by atoms with van der Waals surface area (Å²) in [5, 5.41) is 0.470. The molecule has 17 heavy (non-hydrogen) atoms. The highest BCUT2D eigenvalue weighted by molar-refractivity contribution is 9.09. The van der Waals surface area contributed by atoms with Crippen LogP contribution in [-0.2, 0) is 9.53 Å². The zero-order valence-electron chi connectivity index (χ0n) is 9.90. The number of benzene rings is 1. The highest BCUT2D eigenvalue weighted by Crippen LogP contribution is 2.15. The monoisotopic (exact) mass is 298 g/mol. The highest BCUT2D eigenvalue weighted by atomic mass is 79.9. The molecule has 1 aromatic rings. The molecule has 0 spiro atoms. The van der Waals surface area contributed by atoms with Gasteiger partial charge in [0.1, 0.15) is 5.75 Å². The molecule has 0 amide bonds. The van der Waals surface area contributed by atoms with Gasteiger partial charge in [0.25, 0.3) is 0 Å². The summed E-state index contributed by atoms with van der Waals surface area (Å²) >= 11 is 3.28. The Kier molecular flexibility index (Phi) is 5.77. The summed E-state index contributed by atoms with van der Waals surface area (Å²) < 4.78 is 10.0. The number of rotatable bonds is 5. The molecule has 0 unspecified atom stereocenters. The van der Waals surface area contributed by atoms with Crippen LogP contribution < -0.4 is 4.74 Å². The molecular weight excluding hydrogens is 284 g/mol. The summed E-state index contributed by atoms with van der Waals surface area (Å²) in [5.41, 5.74) is 1.53. The first-order valence-electron chi connectivity index (χ1n) is 5.29. The van der Waals surface area contributed by atoms with Crippen LogP contribution in [0.1, 0.15) is 12.5 Å². The third-order valence-electron chi connectivity index (χ3n) is 2.14. The van der Waals surface area contributed by atoms with Crippen LogP contribution in [0.4, 0.5) is 0 Å². The van der Waals surface area contributed by atoms with Crippen molar-refractivity contribution in [3.63, 3.8) is 0 Å². The summed E-state index contributed by atoms with van der Waals surface area (Å²) in [6.07, 6.45) is 1.80. The maximum Gasteiger partial charge on any atom is 0.334 e. The van der Waals surface area contributed by atoms with Gasteiger partial charge in [-0.3, -0.25) is 0 Å². The quantitative estimate of drug-likeness (QED) is 0.476. The molecule has 0 aliphatic heterocycles. The molecule has 1 rings (SSSR count). The second-order valence-electron chi connectivity index (χ2n) is 3.30. The van der Waals surface area contributed by atoms with Crippen LogP contribution in [-0.4, -0.2) is 25.0 Å². The molecule has 0 aliphatic rings. The number of hydrogen-bond acceptors (Lipinski definition) is 3. The zero-order chi connectivity index (χ0) is 12.7. The van der Waals surface area contributed by atoms with Gasteiger partial charge in [-0.15, -0.1) is 0 Å². The molecule has 0 fully saturated rings.